The number of anilines is 1. The van der Waals surface area contributed by atoms with Crippen LogP contribution in [0.5, 0.6) is 0 Å². The average Bonchev–Trinajstić information content (AvgIpc) is 2.77. The molecule has 0 aromatic heterocycles. The molecule has 0 saturated heterocycles. The number of benzene rings is 2. The zero-order valence-electron chi connectivity index (χ0n) is 20.1. The first kappa shape index (κ1) is 26.7. The summed E-state index contributed by atoms with van der Waals surface area (Å²) in [6, 6.07) is 11.6. The van der Waals surface area contributed by atoms with E-state index in [0.717, 1.165) is 5.56 Å². The van der Waals surface area contributed by atoms with Gasteiger partial charge in [0.15, 0.2) is 0 Å². The first-order valence-corrected chi connectivity index (χ1v) is 10.8. The van der Waals surface area contributed by atoms with Crippen LogP contribution in [0.15, 0.2) is 42.5 Å². The summed E-state index contributed by atoms with van der Waals surface area (Å²) in [6.45, 7) is 6.64. The number of methoxy groups -OCH3 is 1. The first-order chi connectivity index (χ1) is 16.0. The fourth-order valence-electron chi connectivity index (χ4n) is 3.26. The molecule has 0 bridgehead atoms. The molecule has 0 aliphatic heterocycles. The molecule has 1 atom stereocenters. The summed E-state index contributed by atoms with van der Waals surface area (Å²) in [7, 11) is 1.25. The van der Waals surface area contributed by atoms with Crippen LogP contribution in [0.1, 0.15) is 55.5 Å². The fourth-order valence-corrected chi connectivity index (χ4v) is 3.26. The number of hydrogen-bond acceptors (Lipinski definition) is 7. The van der Waals surface area contributed by atoms with Gasteiger partial charge in [-0.2, -0.15) is 0 Å². The topological polar surface area (TPSA) is 123 Å². The summed E-state index contributed by atoms with van der Waals surface area (Å²) in [5.74, 6) is -0.550. The Kier molecular flexibility index (Phi) is 9.44. The second-order valence-electron chi connectivity index (χ2n) is 8.63. The smallest absolute Gasteiger partial charge is 0.412 e. The number of aliphatic hydroxyl groups excluding tert-OH is 1. The Balaban J connectivity index is 2.25. The van der Waals surface area contributed by atoms with E-state index in [1.807, 2.05) is 30.3 Å². The highest BCUT2D eigenvalue weighted by molar-refractivity contribution is 5.86. The highest BCUT2D eigenvalue weighted by Crippen LogP contribution is 2.30. The summed E-state index contributed by atoms with van der Waals surface area (Å²) >= 11 is 0. The minimum Gasteiger partial charge on any atom is -0.469 e. The molecule has 2 rings (SSSR count). The third-order valence-electron chi connectivity index (χ3n) is 4.91. The van der Waals surface area contributed by atoms with Crippen LogP contribution >= 0.6 is 0 Å². The van der Waals surface area contributed by atoms with E-state index in [9.17, 15) is 19.5 Å². The zero-order chi connectivity index (χ0) is 25.3. The van der Waals surface area contributed by atoms with Gasteiger partial charge in [-0.05, 0) is 56.0 Å². The van der Waals surface area contributed by atoms with Gasteiger partial charge in [-0.3, -0.25) is 10.1 Å². The van der Waals surface area contributed by atoms with Crippen LogP contribution < -0.4 is 10.6 Å². The molecule has 0 saturated carbocycles. The molecule has 2 amide bonds. The zero-order valence-corrected chi connectivity index (χ0v) is 20.1. The monoisotopic (exact) mass is 472 g/mol. The SMILES string of the molecule is COC(=O)CC(NC(=O)OCc1ccccc1)c1ccc(NC(=O)OC(C)(C)C)c(C)c1CO. The molecule has 2 aromatic rings. The van der Waals surface area contributed by atoms with Crippen LogP contribution in [0.25, 0.3) is 0 Å². The van der Waals surface area contributed by atoms with Gasteiger partial charge in [-0.15, -0.1) is 0 Å². The summed E-state index contributed by atoms with van der Waals surface area (Å²) in [6.07, 6.45) is -1.54. The Labute approximate surface area is 199 Å². The normalized spacial score (nSPS) is 11.8. The van der Waals surface area contributed by atoms with Crippen molar-refractivity contribution in [2.24, 2.45) is 0 Å². The van der Waals surface area contributed by atoms with Crippen LogP contribution in [-0.4, -0.2) is 36.0 Å². The summed E-state index contributed by atoms with van der Waals surface area (Å²) < 4.78 is 15.3. The predicted molar refractivity (Wildman–Crippen MR) is 126 cm³/mol. The second kappa shape index (κ2) is 12.0. The summed E-state index contributed by atoms with van der Waals surface area (Å²) in [5, 5.41) is 15.4. The van der Waals surface area contributed by atoms with Crippen molar-refractivity contribution in [2.45, 2.75) is 59.0 Å². The largest absolute Gasteiger partial charge is 0.469 e. The third kappa shape index (κ3) is 8.08. The highest BCUT2D eigenvalue weighted by atomic mass is 16.6. The lowest BCUT2D eigenvalue weighted by molar-refractivity contribution is -0.141. The molecule has 0 heterocycles. The van der Waals surface area contributed by atoms with Crippen molar-refractivity contribution in [1.29, 1.82) is 0 Å². The van der Waals surface area contributed by atoms with Gasteiger partial charge in [-0.1, -0.05) is 36.4 Å². The van der Waals surface area contributed by atoms with Crippen molar-refractivity contribution in [3.05, 3.63) is 64.7 Å². The molecule has 0 spiro atoms. The number of carbonyl (C=O) groups is 3. The van der Waals surface area contributed by atoms with Gasteiger partial charge < -0.3 is 24.6 Å². The van der Waals surface area contributed by atoms with Gasteiger partial charge in [0.05, 0.1) is 26.2 Å². The highest BCUT2D eigenvalue weighted by Gasteiger charge is 2.25. The molecule has 1 unspecified atom stereocenters. The van der Waals surface area contributed by atoms with Gasteiger partial charge in [-0.25, -0.2) is 9.59 Å². The molecule has 0 aliphatic rings. The molecule has 184 valence electrons. The van der Waals surface area contributed by atoms with Crippen LogP contribution in [0.4, 0.5) is 15.3 Å². The van der Waals surface area contributed by atoms with Crippen molar-refractivity contribution in [1.82, 2.24) is 5.32 Å². The lowest BCUT2D eigenvalue weighted by Gasteiger charge is -2.24. The number of rotatable bonds is 8. The average molecular weight is 473 g/mol. The van der Waals surface area contributed by atoms with Gasteiger partial charge in [0, 0.05) is 5.69 Å². The molecule has 9 nitrogen and oxygen atoms in total. The predicted octanol–water partition coefficient (Wildman–Crippen LogP) is 4.36. The Hall–Kier alpha value is -3.59. The molecule has 9 heteroatoms. The summed E-state index contributed by atoms with van der Waals surface area (Å²) in [4.78, 5) is 36.7. The number of nitrogens with one attached hydrogen (secondary N) is 2. The lowest BCUT2D eigenvalue weighted by atomic mass is 9.93. The number of carbonyl (C=O) groups excluding carboxylic acids is 3. The molecule has 34 heavy (non-hydrogen) atoms. The van der Waals surface area contributed by atoms with E-state index in [0.29, 0.717) is 22.4 Å². The number of aliphatic hydroxyl groups is 1. The molecule has 0 aliphatic carbocycles. The lowest BCUT2D eigenvalue weighted by Crippen LogP contribution is -2.32. The number of alkyl carbamates (subject to hydrolysis) is 1. The van der Waals surface area contributed by atoms with Crippen molar-refractivity contribution < 1.29 is 33.7 Å². The van der Waals surface area contributed by atoms with Crippen LogP contribution in [0.2, 0.25) is 0 Å². The molecular formula is C25H32N2O7. The van der Waals surface area contributed by atoms with Crippen LogP contribution in [0, 0.1) is 6.92 Å². The maximum atomic E-state index is 12.5. The fraction of sp³-hybridized carbons (Fsp3) is 0.400. The van der Waals surface area contributed by atoms with Gasteiger partial charge in [0.2, 0.25) is 0 Å². The molecule has 3 N–H and O–H groups in total. The summed E-state index contributed by atoms with van der Waals surface area (Å²) in [5.41, 5.74) is 2.09. The van der Waals surface area contributed by atoms with E-state index in [2.05, 4.69) is 10.6 Å². The molecule has 2 aromatic carbocycles. The van der Waals surface area contributed by atoms with Crippen molar-refractivity contribution in [3.63, 3.8) is 0 Å². The van der Waals surface area contributed by atoms with E-state index in [1.54, 1.807) is 39.8 Å². The second-order valence-corrected chi connectivity index (χ2v) is 8.63. The quantitative estimate of drug-likeness (QED) is 0.385. The number of hydrogen-bond donors (Lipinski definition) is 3. The van der Waals surface area contributed by atoms with E-state index in [1.165, 1.54) is 7.11 Å². The van der Waals surface area contributed by atoms with Gasteiger partial charge >= 0.3 is 18.2 Å². The maximum Gasteiger partial charge on any atom is 0.412 e. The number of amides is 2. The molecule has 0 fully saturated rings. The van der Waals surface area contributed by atoms with Gasteiger partial charge in [0.25, 0.3) is 0 Å². The van der Waals surface area contributed by atoms with Crippen LogP contribution in [0.3, 0.4) is 0 Å². The maximum absolute atomic E-state index is 12.5. The van der Waals surface area contributed by atoms with Crippen molar-refractivity contribution in [2.75, 3.05) is 12.4 Å². The standard InChI is InChI=1S/C25H32N2O7/c1-16-19(14-28)18(11-12-20(16)26-24(31)34-25(2,3)4)21(13-22(29)32-5)27-23(30)33-15-17-9-7-6-8-10-17/h6-12,21,28H,13-15H2,1-5H3,(H,26,31)(H,27,30). The van der Waals surface area contributed by atoms with Gasteiger partial charge in [0.1, 0.15) is 12.2 Å². The van der Waals surface area contributed by atoms with E-state index in [-0.39, 0.29) is 19.6 Å². The number of ether oxygens (including phenoxy) is 3. The van der Waals surface area contributed by atoms with Crippen LogP contribution in [-0.2, 0) is 32.2 Å². The van der Waals surface area contributed by atoms with E-state index in [4.69, 9.17) is 14.2 Å². The number of esters is 1. The molecular weight excluding hydrogens is 440 g/mol. The van der Waals surface area contributed by atoms with Crippen molar-refractivity contribution >= 4 is 23.8 Å². The minimum absolute atomic E-state index is 0.0578. The Bertz CT molecular complexity index is 1000. The molecule has 0 radical (unpaired) electrons. The minimum atomic E-state index is -0.827. The first-order valence-electron chi connectivity index (χ1n) is 10.8. The van der Waals surface area contributed by atoms with E-state index < -0.39 is 29.8 Å². The Morgan fingerprint density at radius 1 is 1.03 bits per heavy atom. The Morgan fingerprint density at radius 2 is 1.71 bits per heavy atom. The third-order valence-corrected chi connectivity index (χ3v) is 4.91. The van der Waals surface area contributed by atoms with E-state index >= 15 is 0 Å². The van der Waals surface area contributed by atoms with Crippen molar-refractivity contribution in [3.8, 4) is 0 Å². The Morgan fingerprint density at radius 3 is 2.29 bits per heavy atom.